The van der Waals surface area contributed by atoms with Gasteiger partial charge in [-0.1, -0.05) is 0 Å². The molecule has 0 spiro atoms. The molecular weight excluding hydrogens is 240 g/mol. The minimum Gasteiger partial charge on any atom is -0.481 e. The molecular formula is C15H20N2O2. The molecule has 4 aliphatic rings. The second-order valence-corrected chi connectivity index (χ2v) is 6.80. The fourth-order valence-electron chi connectivity index (χ4n) is 5.17. The zero-order valence-electron chi connectivity index (χ0n) is 11.0. The SMILES string of the molecule is O=C(O)Cc1cn(C2C3CC4CC(C3)CC2C4)cn1. The molecule has 4 fully saturated rings. The largest absolute Gasteiger partial charge is 0.481 e. The molecule has 4 heteroatoms. The van der Waals surface area contributed by atoms with Gasteiger partial charge in [0.05, 0.1) is 18.4 Å². The first kappa shape index (κ1) is 11.5. The van der Waals surface area contributed by atoms with Crippen LogP contribution in [0.2, 0.25) is 0 Å². The predicted molar refractivity (Wildman–Crippen MR) is 69.6 cm³/mol. The molecule has 0 atom stereocenters. The van der Waals surface area contributed by atoms with Gasteiger partial charge in [0.1, 0.15) is 0 Å². The van der Waals surface area contributed by atoms with Crippen LogP contribution in [0.25, 0.3) is 0 Å². The highest BCUT2D eigenvalue weighted by atomic mass is 16.4. The zero-order chi connectivity index (χ0) is 13.0. The van der Waals surface area contributed by atoms with Crippen LogP contribution in [-0.2, 0) is 11.2 Å². The van der Waals surface area contributed by atoms with Crippen LogP contribution in [0, 0.1) is 23.7 Å². The van der Waals surface area contributed by atoms with Crippen molar-refractivity contribution in [2.45, 2.75) is 44.6 Å². The van der Waals surface area contributed by atoms with E-state index in [0.717, 1.165) is 23.7 Å². The molecule has 102 valence electrons. The summed E-state index contributed by atoms with van der Waals surface area (Å²) in [6, 6.07) is 0.586. The number of hydrogen-bond acceptors (Lipinski definition) is 2. The first-order valence-corrected chi connectivity index (χ1v) is 7.43. The van der Waals surface area contributed by atoms with Crippen LogP contribution in [0.5, 0.6) is 0 Å². The van der Waals surface area contributed by atoms with Crippen LogP contribution in [0.15, 0.2) is 12.5 Å². The number of carboxylic acids is 1. The first-order valence-electron chi connectivity index (χ1n) is 7.43. The van der Waals surface area contributed by atoms with Crippen LogP contribution < -0.4 is 0 Å². The Hall–Kier alpha value is -1.32. The van der Waals surface area contributed by atoms with Gasteiger partial charge in [0.25, 0.3) is 0 Å². The molecule has 4 saturated carbocycles. The smallest absolute Gasteiger partial charge is 0.309 e. The molecule has 0 radical (unpaired) electrons. The maximum absolute atomic E-state index is 10.7. The molecule has 4 nitrogen and oxygen atoms in total. The summed E-state index contributed by atoms with van der Waals surface area (Å²) in [5.74, 6) is 2.77. The van der Waals surface area contributed by atoms with Gasteiger partial charge >= 0.3 is 5.97 Å². The molecule has 1 aromatic rings. The summed E-state index contributed by atoms with van der Waals surface area (Å²) in [5, 5.41) is 8.84. The lowest BCUT2D eigenvalue weighted by Crippen LogP contribution is -2.45. The van der Waals surface area contributed by atoms with Crippen LogP contribution >= 0.6 is 0 Å². The highest BCUT2D eigenvalue weighted by molar-refractivity contribution is 5.69. The van der Waals surface area contributed by atoms with E-state index in [1.807, 2.05) is 12.5 Å². The third kappa shape index (κ3) is 1.88. The van der Waals surface area contributed by atoms with Gasteiger partial charge in [0, 0.05) is 12.2 Å². The van der Waals surface area contributed by atoms with Crippen LogP contribution in [0.4, 0.5) is 0 Å². The maximum atomic E-state index is 10.7. The van der Waals surface area contributed by atoms with E-state index in [4.69, 9.17) is 5.11 Å². The summed E-state index contributed by atoms with van der Waals surface area (Å²) in [7, 11) is 0. The Labute approximate surface area is 112 Å². The monoisotopic (exact) mass is 260 g/mol. The van der Waals surface area contributed by atoms with E-state index in [2.05, 4.69) is 9.55 Å². The number of aromatic nitrogens is 2. The molecule has 4 bridgehead atoms. The maximum Gasteiger partial charge on any atom is 0.309 e. The van der Waals surface area contributed by atoms with Gasteiger partial charge in [-0.05, 0) is 55.8 Å². The fraction of sp³-hybridized carbons (Fsp3) is 0.733. The summed E-state index contributed by atoms with van der Waals surface area (Å²) in [6.45, 7) is 0. The van der Waals surface area contributed by atoms with Crippen molar-refractivity contribution >= 4 is 5.97 Å². The Morgan fingerprint density at radius 3 is 2.42 bits per heavy atom. The molecule has 1 aromatic heterocycles. The van der Waals surface area contributed by atoms with E-state index in [9.17, 15) is 4.79 Å². The number of rotatable bonds is 3. The van der Waals surface area contributed by atoms with E-state index >= 15 is 0 Å². The number of carbonyl (C=O) groups is 1. The zero-order valence-corrected chi connectivity index (χ0v) is 11.0. The van der Waals surface area contributed by atoms with Gasteiger partial charge in [-0.15, -0.1) is 0 Å². The van der Waals surface area contributed by atoms with Crippen molar-refractivity contribution in [2.75, 3.05) is 0 Å². The molecule has 5 rings (SSSR count). The quantitative estimate of drug-likeness (QED) is 0.908. The predicted octanol–water partition coefficient (Wildman–Crippen LogP) is 2.51. The second-order valence-electron chi connectivity index (χ2n) is 6.80. The molecule has 0 amide bonds. The van der Waals surface area contributed by atoms with Crippen LogP contribution in [0.3, 0.4) is 0 Å². The molecule has 1 heterocycles. The number of carboxylic acid groups (broad SMARTS) is 1. The Bertz CT molecular complexity index is 480. The van der Waals surface area contributed by atoms with Crippen molar-refractivity contribution in [1.82, 2.24) is 9.55 Å². The van der Waals surface area contributed by atoms with Gasteiger partial charge in [-0.25, -0.2) is 4.98 Å². The molecule has 0 saturated heterocycles. The average molecular weight is 260 g/mol. The van der Waals surface area contributed by atoms with Crippen molar-refractivity contribution in [1.29, 1.82) is 0 Å². The Morgan fingerprint density at radius 1 is 1.21 bits per heavy atom. The molecule has 0 unspecified atom stereocenters. The Balaban J connectivity index is 1.58. The van der Waals surface area contributed by atoms with Crippen molar-refractivity contribution in [3.05, 3.63) is 18.2 Å². The molecule has 0 aliphatic heterocycles. The van der Waals surface area contributed by atoms with E-state index in [0.29, 0.717) is 11.7 Å². The topological polar surface area (TPSA) is 55.1 Å². The van der Waals surface area contributed by atoms with Crippen molar-refractivity contribution in [3.8, 4) is 0 Å². The minimum atomic E-state index is -0.796. The lowest BCUT2D eigenvalue weighted by atomic mass is 9.54. The minimum absolute atomic E-state index is 0.0420. The summed E-state index contributed by atoms with van der Waals surface area (Å²) >= 11 is 0. The number of aliphatic carboxylic acids is 1. The van der Waals surface area contributed by atoms with Gasteiger partial charge < -0.3 is 9.67 Å². The second kappa shape index (κ2) is 4.09. The van der Waals surface area contributed by atoms with Crippen molar-refractivity contribution in [2.24, 2.45) is 23.7 Å². The summed E-state index contributed by atoms with van der Waals surface area (Å²) in [6.07, 6.45) is 10.9. The van der Waals surface area contributed by atoms with Crippen LogP contribution in [0.1, 0.15) is 43.8 Å². The normalized spacial score (nSPS) is 39.7. The Kier molecular flexibility index (Phi) is 2.47. The van der Waals surface area contributed by atoms with Gasteiger partial charge in [-0.3, -0.25) is 4.79 Å². The van der Waals surface area contributed by atoms with E-state index in [-0.39, 0.29) is 6.42 Å². The number of hydrogen-bond donors (Lipinski definition) is 1. The third-order valence-corrected chi connectivity index (χ3v) is 5.51. The lowest BCUT2D eigenvalue weighted by Gasteiger charge is -2.54. The average Bonchev–Trinajstić information content (AvgIpc) is 2.75. The van der Waals surface area contributed by atoms with Crippen molar-refractivity contribution in [3.63, 3.8) is 0 Å². The van der Waals surface area contributed by atoms with Crippen molar-refractivity contribution < 1.29 is 9.90 Å². The van der Waals surface area contributed by atoms with Gasteiger partial charge in [-0.2, -0.15) is 0 Å². The Morgan fingerprint density at radius 2 is 1.84 bits per heavy atom. The van der Waals surface area contributed by atoms with E-state index in [1.54, 1.807) is 0 Å². The lowest BCUT2D eigenvalue weighted by molar-refractivity contribution is -0.136. The molecule has 19 heavy (non-hydrogen) atoms. The van der Waals surface area contributed by atoms with E-state index < -0.39 is 5.97 Å². The highest BCUT2D eigenvalue weighted by Gasteiger charge is 2.48. The summed E-state index contributed by atoms with van der Waals surface area (Å²) in [4.78, 5) is 15.0. The summed E-state index contributed by atoms with van der Waals surface area (Å²) < 4.78 is 2.23. The molecule has 0 aromatic carbocycles. The standard InChI is InChI=1S/C15H20N2O2/c18-14(19)6-13-7-17(8-16-13)15-11-2-9-1-10(4-11)5-12(15)3-9/h7-12,15H,1-6H2,(H,18,19). The molecule has 4 aliphatic carbocycles. The van der Waals surface area contributed by atoms with Gasteiger partial charge in [0.2, 0.25) is 0 Å². The third-order valence-electron chi connectivity index (χ3n) is 5.51. The number of nitrogens with zero attached hydrogens (tertiary/aromatic N) is 2. The van der Waals surface area contributed by atoms with E-state index in [1.165, 1.54) is 32.1 Å². The fourth-order valence-corrected chi connectivity index (χ4v) is 5.17. The molecule has 1 N–H and O–H groups in total. The van der Waals surface area contributed by atoms with Gasteiger partial charge in [0.15, 0.2) is 0 Å². The highest BCUT2D eigenvalue weighted by Crippen LogP contribution is 2.58. The van der Waals surface area contributed by atoms with Crippen LogP contribution in [-0.4, -0.2) is 20.6 Å². The first-order chi connectivity index (χ1) is 9.19. The summed E-state index contributed by atoms with van der Waals surface area (Å²) in [5.41, 5.74) is 0.696. The number of imidazole rings is 1.